The number of hydrogen-bond acceptors (Lipinski definition) is 5. The molecule has 2 N–H and O–H groups in total. The van der Waals surface area contributed by atoms with Gasteiger partial charge in [0, 0.05) is 6.21 Å². The number of hydrogen-bond donors (Lipinski definition) is 2. The van der Waals surface area contributed by atoms with Crippen LogP contribution in [0.25, 0.3) is 0 Å². The summed E-state index contributed by atoms with van der Waals surface area (Å²) in [4.78, 5) is 24.2. The minimum absolute atomic E-state index is 0.0148. The molecule has 0 radical (unpaired) electrons. The van der Waals surface area contributed by atoms with Crippen molar-refractivity contribution in [3.05, 3.63) is 48.0 Å². The van der Waals surface area contributed by atoms with E-state index in [1.165, 1.54) is 6.21 Å². The number of hydrazone groups is 1. The van der Waals surface area contributed by atoms with Crippen LogP contribution in [0.4, 0.5) is 4.79 Å². The molecule has 0 aliphatic heterocycles. The van der Waals surface area contributed by atoms with Crippen LogP contribution >= 0.6 is 0 Å². The van der Waals surface area contributed by atoms with Crippen LogP contribution in [-0.4, -0.2) is 36.5 Å². The molecule has 0 bridgehead atoms. The number of alkyl carbamates (subject to hydrolysis) is 1. The lowest BCUT2D eigenvalue weighted by Crippen LogP contribution is -2.49. The number of nitrogens with one attached hydrogen (secondary N) is 2. The van der Waals surface area contributed by atoms with E-state index in [4.69, 9.17) is 9.47 Å². The minimum Gasteiger partial charge on any atom is -0.444 e. The summed E-state index contributed by atoms with van der Waals surface area (Å²) in [5.41, 5.74) is 2.66. The fourth-order valence-corrected chi connectivity index (χ4v) is 1.81. The molecule has 1 atom stereocenters. The fraction of sp³-hybridized carbons (Fsp3) is 0.421. The van der Waals surface area contributed by atoms with E-state index < -0.39 is 23.6 Å². The number of ether oxygens (including phenoxy) is 2. The predicted molar refractivity (Wildman–Crippen MR) is 101 cm³/mol. The van der Waals surface area contributed by atoms with Gasteiger partial charge in [-0.25, -0.2) is 10.2 Å². The zero-order valence-electron chi connectivity index (χ0n) is 15.7. The Labute approximate surface area is 154 Å². The van der Waals surface area contributed by atoms with Crippen LogP contribution in [0.3, 0.4) is 0 Å². The van der Waals surface area contributed by atoms with Crippen LogP contribution in [0, 0.1) is 0 Å². The fourth-order valence-electron chi connectivity index (χ4n) is 1.81. The number of carbonyl (C=O) groups is 2. The topological polar surface area (TPSA) is 89.0 Å². The van der Waals surface area contributed by atoms with Crippen molar-refractivity contribution in [1.82, 2.24) is 10.7 Å². The summed E-state index contributed by atoms with van der Waals surface area (Å²) >= 11 is 0. The predicted octanol–water partition coefficient (Wildman–Crippen LogP) is 2.77. The molecule has 1 aromatic rings. The van der Waals surface area contributed by atoms with Gasteiger partial charge in [0.15, 0.2) is 0 Å². The highest BCUT2D eigenvalue weighted by Crippen LogP contribution is 2.07. The molecule has 0 saturated carbocycles. The van der Waals surface area contributed by atoms with Crippen molar-refractivity contribution in [1.29, 1.82) is 0 Å². The maximum absolute atomic E-state index is 12.3. The Morgan fingerprint density at radius 3 is 2.54 bits per heavy atom. The van der Waals surface area contributed by atoms with Crippen molar-refractivity contribution in [2.24, 2.45) is 5.10 Å². The van der Waals surface area contributed by atoms with Crippen LogP contribution < -0.4 is 10.7 Å². The van der Waals surface area contributed by atoms with Crippen molar-refractivity contribution >= 4 is 18.2 Å². The quantitative estimate of drug-likeness (QED) is 0.550. The third kappa shape index (κ3) is 9.58. The van der Waals surface area contributed by atoms with Crippen molar-refractivity contribution in [2.45, 2.75) is 45.9 Å². The Hall–Kier alpha value is -2.67. The van der Waals surface area contributed by atoms with Gasteiger partial charge in [0.2, 0.25) is 0 Å². The number of carbonyl (C=O) groups excluding carboxylic acids is 2. The monoisotopic (exact) mass is 361 g/mol. The molecule has 1 rings (SSSR count). The molecule has 0 aromatic heterocycles. The molecule has 0 aliphatic rings. The van der Waals surface area contributed by atoms with E-state index >= 15 is 0 Å². The van der Waals surface area contributed by atoms with Crippen molar-refractivity contribution in [3.8, 4) is 0 Å². The normalized spacial score (nSPS) is 12.9. The minimum atomic E-state index is -0.934. The first kappa shape index (κ1) is 21.4. The average molecular weight is 361 g/mol. The Morgan fingerprint density at radius 2 is 1.92 bits per heavy atom. The van der Waals surface area contributed by atoms with Crippen molar-refractivity contribution in [2.75, 3.05) is 6.61 Å². The number of amides is 2. The van der Waals surface area contributed by atoms with Gasteiger partial charge in [-0.2, -0.15) is 5.10 Å². The van der Waals surface area contributed by atoms with E-state index in [9.17, 15) is 9.59 Å². The van der Waals surface area contributed by atoms with Crippen LogP contribution in [0.1, 0.15) is 33.3 Å². The van der Waals surface area contributed by atoms with Crippen LogP contribution in [0.2, 0.25) is 0 Å². The lowest BCUT2D eigenvalue weighted by Gasteiger charge is -2.22. The number of rotatable bonds is 8. The van der Waals surface area contributed by atoms with Crippen LogP contribution in [0.5, 0.6) is 0 Å². The van der Waals surface area contributed by atoms with Gasteiger partial charge in [0.25, 0.3) is 5.91 Å². The maximum atomic E-state index is 12.3. The van der Waals surface area contributed by atoms with E-state index in [1.54, 1.807) is 32.9 Å². The summed E-state index contributed by atoms with van der Waals surface area (Å²) in [6, 6.07) is 8.61. The smallest absolute Gasteiger partial charge is 0.408 e. The molecule has 26 heavy (non-hydrogen) atoms. The van der Waals surface area contributed by atoms with E-state index in [0.29, 0.717) is 6.61 Å². The zero-order chi connectivity index (χ0) is 19.4. The van der Waals surface area contributed by atoms with Gasteiger partial charge in [-0.15, -0.1) is 0 Å². The van der Waals surface area contributed by atoms with Gasteiger partial charge < -0.3 is 14.8 Å². The molecular weight excluding hydrogens is 334 g/mol. The number of nitrogens with zero attached hydrogens (tertiary/aromatic N) is 1. The highest BCUT2D eigenvalue weighted by molar-refractivity contribution is 5.86. The first-order valence-corrected chi connectivity index (χ1v) is 8.37. The molecule has 0 spiro atoms. The van der Waals surface area contributed by atoms with Gasteiger partial charge in [-0.3, -0.25) is 4.79 Å². The molecule has 0 heterocycles. The molecular formula is C19H27N3O4. The molecule has 7 heteroatoms. The Kier molecular flexibility index (Phi) is 9.08. The van der Waals surface area contributed by atoms with Gasteiger partial charge in [0.05, 0.1) is 13.2 Å². The summed E-state index contributed by atoms with van der Waals surface area (Å²) in [5.74, 6) is -0.496. The average Bonchev–Trinajstić information content (AvgIpc) is 2.57. The second-order valence-electron chi connectivity index (χ2n) is 6.48. The summed E-state index contributed by atoms with van der Waals surface area (Å²) < 4.78 is 10.8. The van der Waals surface area contributed by atoms with Gasteiger partial charge in [-0.05, 0) is 39.3 Å². The lowest BCUT2D eigenvalue weighted by atomic mass is 10.2. The largest absolute Gasteiger partial charge is 0.444 e. The molecule has 0 aliphatic carbocycles. The summed E-state index contributed by atoms with van der Waals surface area (Å²) in [6.07, 6.45) is 4.18. The molecule has 7 nitrogen and oxygen atoms in total. The first-order chi connectivity index (χ1) is 12.3. The molecule has 142 valence electrons. The van der Waals surface area contributed by atoms with Gasteiger partial charge in [0.1, 0.15) is 11.6 Å². The molecule has 0 saturated heterocycles. The summed E-state index contributed by atoms with van der Waals surface area (Å²) in [7, 11) is 0. The van der Waals surface area contributed by atoms with Crippen LogP contribution in [0.15, 0.2) is 47.6 Å². The standard InChI is InChI=1S/C19H27N3O4/c1-5-6-12-20-22-17(23)16(21-18(24)26-19(2,3)4)14-25-13-15-10-8-7-9-11-15/h5-12,16H,13-14H2,1-4H3,(H,21,24)(H,22,23)/b6-5+,20-12-/t16-/m0/s1. The second kappa shape index (κ2) is 11.0. The van der Waals surface area contributed by atoms with E-state index in [-0.39, 0.29) is 6.61 Å². The molecule has 2 amide bonds. The van der Waals surface area contributed by atoms with Crippen LogP contribution in [-0.2, 0) is 20.9 Å². The van der Waals surface area contributed by atoms with E-state index in [2.05, 4.69) is 15.8 Å². The number of benzene rings is 1. The molecule has 0 fully saturated rings. The highest BCUT2D eigenvalue weighted by atomic mass is 16.6. The Bertz CT molecular complexity index is 621. The third-order valence-corrected chi connectivity index (χ3v) is 2.93. The Balaban J connectivity index is 2.64. The second-order valence-corrected chi connectivity index (χ2v) is 6.48. The van der Waals surface area contributed by atoms with E-state index in [1.807, 2.05) is 37.3 Å². The summed E-state index contributed by atoms with van der Waals surface area (Å²) in [6.45, 7) is 7.37. The zero-order valence-corrected chi connectivity index (χ0v) is 15.7. The Morgan fingerprint density at radius 1 is 1.23 bits per heavy atom. The SMILES string of the molecule is C/C=C/C=N\NC(=O)[C@H](COCc1ccccc1)NC(=O)OC(C)(C)C. The highest BCUT2D eigenvalue weighted by Gasteiger charge is 2.24. The van der Waals surface area contributed by atoms with Crippen molar-refractivity contribution in [3.63, 3.8) is 0 Å². The third-order valence-electron chi connectivity index (χ3n) is 2.93. The molecule has 0 unspecified atom stereocenters. The lowest BCUT2D eigenvalue weighted by molar-refractivity contribution is -0.124. The van der Waals surface area contributed by atoms with Crippen molar-refractivity contribution < 1.29 is 19.1 Å². The first-order valence-electron chi connectivity index (χ1n) is 8.37. The van der Waals surface area contributed by atoms with Gasteiger partial charge in [-0.1, -0.05) is 36.4 Å². The summed E-state index contributed by atoms with van der Waals surface area (Å²) in [5, 5.41) is 6.28. The maximum Gasteiger partial charge on any atom is 0.408 e. The number of allylic oxidation sites excluding steroid dienone is 2. The molecule has 1 aromatic carbocycles. The van der Waals surface area contributed by atoms with Gasteiger partial charge >= 0.3 is 6.09 Å². The van der Waals surface area contributed by atoms with E-state index in [0.717, 1.165) is 5.56 Å².